The van der Waals surface area contributed by atoms with Crippen molar-refractivity contribution in [2.75, 3.05) is 28.4 Å². The highest BCUT2D eigenvalue weighted by molar-refractivity contribution is 5.92. The van der Waals surface area contributed by atoms with Crippen LogP contribution < -0.4 is 24.4 Å². The first kappa shape index (κ1) is 17.5. The molecular weight excluding hydrogens is 340 g/mol. The van der Waals surface area contributed by atoms with Gasteiger partial charge in [-0.05, 0) is 18.2 Å². The Hall–Kier alpha value is -3.35. The Morgan fingerprint density at radius 2 is 1.54 bits per heavy atom. The Morgan fingerprint density at radius 1 is 0.846 bits per heavy atom. The molecule has 1 aromatic heterocycles. The number of phenols is 1. The molecule has 0 atom stereocenters. The van der Waals surface area contributed by atoms with Gasteiger partial charge in [-0.15, -0.1) is 0 Å². The number of benzene rings is 2. The van der Waals surface area contributed by atoms with E-state index >= 15 is 0 Å². The number of fused-ring (bicyclic) bond motifs is 1. The van der Waals surface area contributed by atoms with E-state index in [1.54, 1.807) is 18.2 Å². The molecule has 0 bridgehead atoms. The van der Waals surface area contributed by atoms with Crippen LogP contribution in [0.1, 0.15) is 0 Å². The van der Waals surface area contributed by atoms with Crippen LogP contribution in [0.3, 0.4) is 0 Å². The molecule has 0 spiro atoms. The Bertz CT molecular complexity index is 1020. The van der Waals surface area contributed by atoms with Gasteiger partial charge in [-0.25, -0.2) is 0 Å². The largest absolute Gasteiger partial charge is 0.504 e. The van der Waals surface area contributed by atoms with Crippen LogP contribution in [0.5, 0.6) is 28.7 Å². The van der Waals surface area contributed by atoms with Crippen LogP contribution in [-0.2, 0) is 0 Å². The summed E-state index contributed by atoms with van der Waals surface area (Å²) in [5.41, 5.74) is 0.391. The van der Waals surface area contributed by atoms with Gasteiger partial charge in [-0.1, -0.05) is 0 Å². The van der Waals surface area contributed by atoms with Gasteiger partial charge in [-0.2, -0.15) is 0 Å². The van der Waals surface area contributed by atoms with Crippen LogP contribution in [0.15, 0.2) is 39.5 Å². The zero-order chi connectivity index (χ0) is 18.8. The second-order valence-electron chi connectivity index (χ2n) is 5.38. The van der Waals surface area contributed by atoms with Crippen molar-refractivity contribution < 1.29 is 28.5 Å². The third-order valence-electron chi connectivity index (χ3n) is 3.99. The number of ether oxygens (including phenoxy) is 4. The van der Waals surface area contributed by atoms with Gasteiger partial charge in [0.25, 0.3) is 0 Å². The van der Waals surface area contributed by atoms with E-state index in [1.165, 1.54) is 40.6 Å². The summed E-state index contributed by atoms with van der Waals surface area (Å²) in [4.78, 5) is 12.7. The van der Waals surface area contributed by atoms with Crippen molar-refractivity contribution in [1.82, 2.24) is 0 Å². The van der Waals surface area contributed by atoms with Gasteiger partial charge in [-0.3, -0.25) is 4.79 Å². The highest BCUT2D eigenvalue weighted by Crippen LogP contribution is 2.41. The minimum absolute atomic E-state index is 0.0667. The van der Waals surface area contributed by atoms with Gasteiger partial charge >= 0.3 is 0 Å². The van der Waals surface area contributed by atoms with Crippen molar-refractivity contribution in [2.45, 2.75) is 0 Å². The standard InChI is InChI=1S/C19H18O7/c1-22-13-6-5-10(7-11(13)20)14-8-12(21)17-15(23-2)9-16(24-3)18(25-4)19(17)26-14/h5-9,20H,1-4H3. The van der Waals surface area contributed by atoms with Crippen molar-refractivity contribution in [3.8, 4) is 40.1 Å². The molecule has 1 heterocycles. The molecule has 0 aliphatic rings. The molecule has 0 saturated carbocycles. The lowest BCUT2D eigenvalue weighted by Gasteiger charge is -2.14. The van der Waals surface area contributed by atoms with Crippen LogP contribution in [0.4, 0.5) is 0 Å². The normalized spacial score (nSPS) is 10.6. The first-order chi connectivity index (χ1) is 12.5. The van der Waals surface area contributed by atoms with Gasteiger partial charge in [0, 0.05) is 17.7 Å². The summed E-state index contributed by atoms with van der Waals surface area (Å²) in [7, 11) is 5.84. The fourth-order valence-corrected chi connectivity index (χ4v) is 2.75. The van der Waals surface area contributed by atoms with E-state index in [4.69, 9.17) is 23.4 Å². The first-order valence-electron chi connectivity index (χ1n) is 7.68. The third kappa shape index (κ3) is 2.77. The number of hydrogen-bond acceptors (Lipinski definition) is 7. The maximum atomic E-state index is 12.7. The fraction of sp³-hybridized carbons (Fsp3) is 0.211. The summed E-state index contributed by atoms with van der Waals surface area (Å²) in [5.74, 6) is 1.47. The quantitative estimate of drug-likeness (QED) is 0.749. The monoisotopic (exact) mass is 358 g/mol. The molecule has 7 heteroatoms. The number of aromatic hydroxyl groups is 1. The summed E-state index contributed by atoms with van der Waals surface area (Å²) >= 11 is 0. The molecule has 0 saturated heterocycles. The first-order valence-corrected chi connectivity index (χ1v) is 7.68. The molecule has 0 fully saturated rings. The van der Waals surface area contributed by atoms with Crippen molar-refractivity contribution in [1.29, 1.82) is 0 Å². The van der Waals surface area contributed by atoms with Gasteiger partial charge in [0.15, 0.2) is 28.3 Å². The Balaban J connectivity index is 2.33. The van der Waals surface area contributed by atoms with Crippen molar-refractivity contribution in [3.63, 3.8) is 0 Å². The lowest BCUT2D eigenvalue weighted by molar-refractivity contribution is 0.348. The summed E-state index contributed by atoms with van der Waals surface area (Å²) in [6, 6.07) is 7.60. The predicted molar refractivity (Wildman–Crippen MR) is 95.8 cm³/mol. The average Bonchev–Trinajstić information content (AvgIpc) is 2.66. The molecule has 7 nitrogen and oxygen atoms in total. The summed E-state index contributed by atoms with van der Waals surface area (Å²) in [5, 5.41) is 10.2. The molecule has 3 rings (SSSR count). The number of rotatable bonds is 5. The highest BCUT2D eigenvalue weighted by atomic mass is 16.5. The second kappa shape index (κ2) is 6.87. The molecular formula is C19H18O7. The van der Waals surface area contributed by atoms with E-state index in [9.17, 15) is 9.90 Å². The van der Waals surface area contributed by atoms with E-state index in [1.807, 2.05) is 0 Å². The third-order valence-corrected chi connectivity index (χ3v) is 3.99. The minimum Gasteiger partial charge on any atom is -0.504 e. The lowest BCUT2D eigenvalue weighted by Crippen LogP contribution is -2.05. The number of methoxy groups -OCH3 is 4. The summed E-state index contributed by atoms with van der Waals surface area (Å²) < 4.78 is 26.9. The molecule has 0 radical (unpaired) electrons. The second-order valence-corrected chi connectivity index (χ2v) is 5.38. The van der Waals surface area contributed by atoms with Crippen LogP contribution in [0, 0.1) is 0 Å². The zero-order valence-corrected chi connectivity index (χ0v) is 14.8. The minimum atomic E-state index is -0.311. The van der Waals surface area contributed by atoms with Gasteiger partial charge in [0.2, 0.25) is 5.75 Å². The molecule has 0 unspecified atom stereocenters. The highest BCUT2D eigenvalue weighted by Gasteiger charge is 2.20. The molecule has 0 aliphatic carbocycles. The SMILES string of the molecule is COc1ccc(-c2cc(=O)c3c(OC)cc(OC)c(OC)c3o2)cc1O. The van der Waals surface area contributed by atoms with Crippen molar-refractivity contribution >= 4 is 11.0 Å². The molecule has 136 valence electrons. The van der Waals surface area contributed by atoms with E-state index < -0.39 is 0 Å². The Labute approximate surface area is 149 Å². The summed E-state index contributed by atoms with van der Waals surface area (Å²) in [6.45, 7) is 0. The molecule has 3 aromatic rings. The van der Waals surface area contributed by atoms with Gasteiger partial charge in [0.05, 0.1) is 28.4 Å². The molecule has 1 N–H and O–H groups in total. The van der Waals surface area contributed by atoms with E-state index in [-0.39, 0.29) is 33.7 Å². The predicted octanol–water partition coefficient (Wildman–Crippen LogP) is 3.20. The van der Waals surface area contributed by atoms with E-state index in [0.717, 1.165) is 0 Å². The molecule has 0 amide bonds. The van der Waals surface area contributed by atoms with Crippen LogP contribution in [-0.4, -0.2) is 33.5 Å². The van der Waals surface area contributed by atoms with E-state index in [0.29, 0.717) is 22.8 Å². The van der Waals surface area contributed by atoms with Gasteiger partial charge in [0.1, 0.15) is 16.9 Å². The maximum absolute atomic E-state index is 12.7. The fourth-order valence-electron chi connectivity index (χ4n) is 2.75. The maximum Gasteiger partial charge on any atom is 0.205 e. The topological polar surface area (TPSA) is 87.4 Å². The van der Waals surface area contributed by atoms with Crippen LogP contribution in [0.25, 0.3) is 22.3 Å². The van der Waals surface area contributed by atoms with Crippen LogP contribution >= 0.6 is 0 Å². The smallest absolute Gasteiger partial charge is 0.205 e. The van der Waals surface area contributed by atoms with Crippen molar-refractivity contribution in [3.05, 3.63) is 40.6 Å². The molecule has 0 aliphatic heterocycles. The zero-order valence-electron chi connectivity index (χ0n) is 14.8. The number of hydrogen-bond donors (Lipinski definition) is 1. The number of phenolic OH excluding ortho intramolecular Hbond substituents is 1. The summed E-state index contributed by atoms with van der Waals surface area (Å²) in [6.07, 6.45) is 0. The lowest BCUT2D eigenvalue weighted by atomic mass is 10.1. The Kier molecular flexibility index (Phi) is 4.62. The van der Waals surface area contributed by atoms with Crippen molar-refractivity contribution in [2.24, 2.45) is 0 Å². The van der Waals surface area contributed by atoms with E-state index in [2.05, 4.69) is 0 Å². The average molecular weight is 358 g/mol. The molecule has 2 aromatic carbocycles. The van der Waals surface area contributed by atoms with Gasteiger partial charge < -0.3 is 28.5 Å². The Morgan fingerprint density at radius 3 is 2.12 bits per heavy atom. The molecule has 26 heavy (non-hydrogen) atoms. The van der Waals surface area contributed by atoms with Crippen LogP contribution in [0.2, 0.25) is 0 Å².